The summed E-state index contributed by atoms with van der Waals surface area (Å²) in [5.74, 6) is 1.02. The molecule has 0 aliphatic rings. The maximum absolute atomic E-state index is 12.3. The van der Waals surface area contributed by atoms with Crippen LogP contribution in [-0.2, 0) is 0 Å². The van der Waals surface area contributed by atoms with Gasteiger partial charge in [0.2, 0.25) is 0 Å². The third-order valence-corrected chi connectivity index (χ3v) is 2.57. The van der Waals surface area contributed by atoms with Crippen LogP contribution < -0.4 is 10.2 Å². The Morgan fingerprint density at radius 2 is 1.94 bits per heavy atom. The molecule has 0 saturated heterocycles. The molecule has 0 bridgehead atoms. The number of hydrogen-bond acceptors (Lipinski definition) is 4. The lowest BCUT2D eigenvalue weighted by molar-refractivity contribution is 0.0993. The number of pyridine rings is 2. The lowest BCUT2D eigenvalue weighted by Crippen LogP contribution is -2.27. The van der Waals surface area contributed by atoms with E-state index < -0.39 is 0 Å². The minimum Gasteiger partial charge on any atom is -0.372 e. The van der Waals surface area contributed by atoms with Crippen molar-refractivity contribution in [3.8, 4) is 0 Å². The van der Waals surface area contributed by atoms with Gasteiger partial charge in [-0.25, -0.2) is 9.97 Å². The molecule has 0 aliphatic carbocycles. The molecule has 0 aliphatic heterocycles. The SMILES string of the molecule is CNc1ncccc1C(=O)N(C)c1ccccn1. The van der Waals surface area contributed by atoms with E-state index in [9.17, 15) is 4.79 Å². The summed E-state index contributed by atoms with van der Waals surface area (Å²) >= 11 is 0. The molecule has 0 spiro atoms. The number of rotatable bonds is 3. The first kappa shape index (κ1) is 12.0. The van der Waals surface area contributed by atoms with Gasteiger partial charge in [0.25, 0.3) is 5.91 Å². The van der Waals surface area contributed by atoms with Crippen LogP contribution in [-0.4, -0.2) is 30.0 Å². The summed E-state index contributed by atoms with van der Waals surface area (Å²) < 4.78 is 0. The highest BCUT2D eigenvalue weighted by Gasteiger charge is 2.17. The zero-order valence-corrected chi connectivity index (χ0v) is 10.3. The monoisotopic (exact) mass is 242 g/mol. The fourth-order valence-electron chi connectivity index (χ4n) is 1.61. The largest absolute Gasteiger partial charge is 0.372 e. The minimum atomic E-state index is -0.147. The number of nitrogens with one attached hydrogen (secondary N) is 1. The van der Waals surface area contributed by atoms with Crippen LogP contribution in [0.1, 0.15) is 10.4 Å². The lowest BCUT2D eigenvalue weighted by atomic mass is 10.2. The normalized spacial score (nSPS) is 9.89. The number of aromatic nitrogens is 2. The third-order valence-electron chi connectivity index (χ3n) is 2.57. The molecule has 1 N–H and O–H groups in total. The molecule has 2 rings (SSSR count). The quantitative estimate of drug-likeness (QED) is 0.891. The van der Waals surface area contributed by atoms with Gasteiger partial charge in [0.1, 0.15) is 11.6 Å². The smallest absolute Gasteiger partial charge is 0.262 e. The summed E-state index contributed by atoms with van der Waals surface area (Å²) in [6.45, 7) is 0. The molecule has 0 radical (unpaired) electrons. The Kier molecular flexibility index (Phi) is 3.52. The Morgan fingerprint density at radius 3 is 2.61 bits per heavy atom. The van der Waals surface area contributed by atoms with E-state index in [1.165, 1.54) is 4.90 Å². The van der Waals surface area contributed by atoms with Gasteiger partial charge >= 0.3 is 0 Å². The van der Waals surface area contributed by atoms with Crippen LogP contribution in [0.15, 0.2) is 42.7 Å². The average Bonchev–Trinajstić information content (AvgIpc) is 2.46. The third kappa shape index (κ3) is 2.29. The summed E-state index contributed by atoms with van der Waals surface area (Å²) in [7, 11) is 3.43. The lowest BCUT2D eigenvalue weighted by Gasteiger charge is -2.17. The highest BCUT2D eigenvalue weighted by atomic mass is 16.2. The Labute approximate surface area is 105 Å². The first-order chi connectivity index (χ1) is 8.74. The molecular formula is C13H14N4O. The topological polar surface area (TPSA) is 58.1 Å². The number of amides is 1. The van der Waals surface area contributed by atoms with Gasteiger partial charge in [-0.05, 0) is 24.3 Å². The molecule has 2 aromatic rings. The van der Waals surface area contributed by atoms with Crippen LogP contribution in [0.25, 0.3) is 0 Å². The van der Waals surface area contributed by atoms with Gasteiger partial charge in [0.15, 0.2) is 0 Å². The van der Waals surface area contributed by atoms with E-state index in [4.69, 9.17) is 0 Å². The predicted octanol–water partition coefficient (Wildman–Crippen LogP) is 1.79. The zero-order chi connectivity index (χ0) is 13.0. The summed E-state index contributed by atoms with van der Waals surface area (Å²) in [6, 6.07) is 8.91. The average molecular weight is 242 g/mol. The second-order valence-electron chi connectivity index (χ2n) is 3.70. The molecule has 1 amide bonds. The molecule has 0 atom stereocenters. The predicted molar refractivity (Wildman–Crippen MR) is 70.8 cm³/mol. The van der Waals surface area contributed by atoms with E-state index in [1.54, 1.807) is 44.7 Å². The van der Waals surface area contributed by atoms with Crippen molar-refractivity contribution < 1.29 is 4.79 Å². The minimum absolute atomic E-state index is 0.147. The molecule has 5 heteroatoms. The second kappa shape index (κ2) is 5.27. The number of carbonyl (C=O) groups excluding carboxylic acids is 1. The Bertz CT molecular complexity index is 542. The molecule has 2 aromatic heterocycles. The van der Waals surface area contributed by atoms with E-state index in [2.05, 4.69) is 15.3 Å². The van der Waals surface area contributed by atoms with Crippen LogP contribution in [0, 0.1) is 0 Å². The number of carbonyl (C=O) groups is 1. The second-order valence-corrected chi connectivity index (χ2v) is 3.70. The molecule has 0 saturated carbocycles. The highest BCUT2D eigenvalue weighted by Crippen LogP contribution is 2.16. The zero-order valence-electron chi connectivity index (χ0n) is 10.3. The molecular weight excluding hydrogens is 228 g/mol. The van der Waals surface area contributed by atoms with Gasteiger partial charge in [-0.3, -0.25) is 9.69 Å². The van der Waals surface area contributed by atoms with Gasteiger partial charge in [-0.15, -0.1) is 0 Å². The molecule has 5 nitrogen and oxygen atoms in total. The van der Waals surface area contributed by atoms with Gasteiger partial charge < -0.3 is 5.32 Å². The first-order valence-electron chi connectivity index (χ1n) is 5.56. The maximum Gasteiger partial charge on any atom is 0.262 e. The van der Waals surface area contributed by atoms with Crippen molar-refractivity contribution in [1.29, 1.82) is 0 Å². The summed E-state index contributed by atoms with van der Waals surface area (Å²) in [5.41, 5.74) is 0.521. The highest BCUT2D eigenvalue weighted by molar-refractivity contribution is 6.08. The van der Waals surface area contributed by atoms with Crippen LogP contribution in [0.5, 0.6) is 0 Å². The summed E-state index contributed by atoms with van der Waals surface area (Å²) in [6.07, 6.45) is 3.30. The standard InChI is InChI=1S/C13H14N4O/c1-14-12-10(6-5-9-16-12)13(18)17(2)11-7-3-4-8-15-11/h3-9H,1-2H3,(H,14,16). The first-order valence-corrected chi connectivity index (χ1v) is 5.56. The van der Waals surface area contributed by atoms with Crippen LogP contribution in [0.3, 0.4) is 0 Å². The molecule has 0 fully saturated rings. The van der Waals surface area contributed by atoms with Gasteiger partial charge in [-0.2, -0.15) is 0 Å². The van der Waals surface area contributed by atoms with E-state index in [0.29, 0.717) is 17.2 Å². The molecule has 0 unspecified atom stereocenters. The van der Waals surface area contributed by atoms with E-state index >= 15 is 0 Å². The van der Waals surface area contributed by atoms with Gasteiger partial charge in [-0.1, -0.05) is 6.07 Å². The Morgan fingerprint density at radius 1 is 1.17 bits per heavy atom. The van der Waals surface area contributed by atoms with Crippen LogP contribution in [0.2, 0.25) is 0 Å². The molecule has 18 heavy (non-hydrogen) atoms. The van der Waals surface area contributed by atoms with Crippen molar-refractivity contribution in [2.75, 3.05) is 24.3 Å². The Balaban J connectivity index is 2.32. The fourth-order valence-corrected chi connectivity index (χ4v) is 1.61. The van der Waals surface area contributed by atoms with E-state index in [1.807, 2.05) is 12.1 Å². The van der Waals surface area contributed by atoms with Crippen molar-refractivity contribution in [2.24, 2.45) is 0 Å². The van der Waals surface area contributed by atoms with Crippen molar-refractivity contribution in [2.45, 2.75) is 0 Å². The van der Waals surface area contributed by atoms with Crippen molar-refractivity contribution in [3.05, 3.63) is 48.3 Å². The maximum atomic E-state index is 12.3. The molecule has 0 aromatic carbocycles. The van der Waals surface area contributed by atoms with E-state index in [-0.39, 0.29) is 5.91 Å². The molecule has 92 valence electrons. The number of nitrogens with zero attached hydrogens (tertiary/aromatic N) is 3. The van der Waals surface area contributed by atoms with Gasteiger partial charge in [0, 0.05) is 26.5 Å². The van der Waals surface area contributed by atoms with Crippen molar-refractivity contribution in [1.82, 2.24) is 9.97 Å². The summed E-state index contributed by atoms with van der Waals surface area (Å²) in [4.78, 5) is 22.1. The Hall–Kier alpha value is -2.43. The van der Waals surface area contributed by atoms with Crippen LogP contribution >= 0.6 is 0 Å². The van der Waals surface area contributed by atoms with Crippen molar-refractivity contribution >= 4 is 17.5 Å². The fraction of sp³-hybridized carbons (Fsp3) is 0.154. The summed E-state index contributed by atoms with van der Waals surface area (Å²) in [5, 5.41) is 2.90. The number of anilines is 2. The number of hydrogen-bond donors (Lipinski definition) is 1. The van der Waals surface area contributed by atoms with Crippen molar-refractivity contribution in [3.63, 3.8) is 0 Å². The molecule has 2 heterocycles. The van der Waals surface area contributed by atoms with Crippen LogP contribution in [0.4, 0.5) is 11.6 Å². The van der Waals surface area contributed by atoms with E-state index in [0.717, 1.165) is 0 Å². The van der Waals surface area contributed by atoms with Gasteiger partial charge in [0.05, 0.1) is 5.56 Å².